The van der Waals surface area contributed by atoms with Crippen LogP contribution in [0.1, 0.15) is 33.1 Å². The number of rotatable bonds is 3. The van der Waals surface area contributed by atoms with Crippen molar-refractivity contribution in [2.75, 3.05) is 6.54 Å². The summed E-state index contributed by atoms with van der Waals surface area (Å²) in [5.41, 5.74) is 0.845. The van der Waals surface area contributed by atoms with Gasteiger partial charge >= 0.3 is 0 Å². The average Bonchev–Trinajstić information content (AvgIpc) is 2.49. The Morgan fingerprint density at radius 1 is 1.42 bits per heavy atom. The summed E-state index contributed by atoms with van der Waals surface area (Å²) < 4.78 is 0. The molecule has 4 aliphatic rings. The van der Waals surface area contributed by atoms with Gasteiger partial charge in [0.1, 0.15) is 0 Å². The maximum absolute atomic E-state index is 3.69. The highest BCUT2D eigenvalue weighted by molar-refractivity contribution is 5.27. The second-order valence-corrected chi connectivity index (χ2v) is 5.00. The van der Waals surface area contributed by atoms with Gasteiger partial charge in [0.25, 0.3) is 0 Å². The Kier molecular flexibility index (Phi) is 1.27. The van der Waals surface area contributed by atoms with Crippen LogP contribution in [0.2, 0.25) is 0 Å². The highest BCUT2D eigenvalue weighted by Crippen LogP contribution is 2.80. The molecule has 0 aromatic heterocycles. The first-order valence-electron chi connectivity index (χ1n) is 5.57. The number of nitrogens with one attached hydrogen (secondary N) is 1. The fourth-order valence-corrected chi connectivity index (χ4v) is 4.52. The molecule has 4 aliphatic carbocycles. The molecule has 1 heteroatoms. The van der Waals surface area contributed by atoms with Gasteiger partial charge in [0, 0.05) is 6.04 Å². The highest BCUT2D eigenvalue weighted by Gasteiger charge is 2.77. The molecule has 0 radical (unpaired) electrons. The van der Waals surface area contributed by atoms with Crippen molar-refractivity contribution in [2.45, 2.75) is 39.2 Å². The summed E-state index contributed by atoms with van der Waals surface area (Å²) in [4.78, 5) is 0. The molecule has 0 aliphatic heterocycles. The van der Waals surface area contributed by atoms with Gasteiger partial charge in [0.05, 0.1) is 0 Å². The Labute approximate surface area is 74.9 Å². The Hall–Kier alpha value is -0.0400. The minimum Gasteiger partial charge on any atom is -0.314 e. The Morgan fingerprint density at radius 3 is 2.75 bits per heavy atom. The Balaban J connectivity index is 1.81. The second kappa shape index (κ2) is 2.06. The van der Waals surface area contributed by atoms with E-state index in [1.54, 1.807) is 12.8 Å². The molecule has 0 aromatic rings. The standard InChI is InChI=1S/C11H19N/c1-3-11-6-7-5-8(11)9(11)10(7)12-4-2/h7-10,12H,3-6H2,1-2H3/t7-,8+,9+,10+,11-/m0/s1. The lowest BCUT2D eigenvalue weighted by atomic mass is 10.0. The van der Waals surface area contributed by atoms with Gasteiger partial charge in [-0.25, -0.2) is 0 Å². The van der Waals surface area contributed by atoms with Crippen molar-refractivity contribution in [2.24, 2.45) is 23.2 Å². The molecule has 0 heterocycles. The highest BCUT2D eigenvalue weighted by atomic mass is 15.0. The Morgan fingerprint density at radius 2 is 2.25 bits per heavy atom. The molecule has 4 bridgehead atoms. The van der Waals surface area contributed by atoms with Crippen LogP contribution in [0.3, 0.4) is 0 Å². The van der Waals surface area contributed by atoms with Crippen LogP contribution in [0.25, 0.3) is 0 Å². The van der Waals surface area contributed by atoms with E-state index in [9.17, 15) is 0 Å². The van der Waals surface area contributed by atoms with Crippen LogP contribution in [0, 0.1) is 23.2 Å². The summed E-state index contributed by atoms with van der Waals surface area (Å²) in [6.45, 7) is 5.81. The topological polar surface area (TPSA) is 12.0 Å². The zero-order chi connectivity index (χ0) is 8.34. The van der Waals surface area contributed by atoms with Crippen molar-refractivity contribution in [1.29, 1.82) is 0 Å². The van der Waals surface area contributed by atoms with Gasteiger partial charge in [-0.15, -0.1) is 0 Å². The summed E-state index contributed by atoms with van der Waals surface area (Å²) in [6.07, 6.45) is 4.55. The smallest absolute Gasteiger partial charge is 0.0132 e. The summed E-state index contributed by atoms with van der Waals surface area (Å²) in [7, 11) is 0. The molecule has 0 spiro atoms. The molecule has 0 unspecified atom stereocenters. The third kappa shape index (κ3) is 0.585. The van der Waals surface area contributed by atoms with Crippen molar-refractivity contribution >= 4 is 0 Å². The molecule has 68 valence electrons. The maximum Gasteiger partial charge on any atom is 0.0132 e. The zero-order valence-electron chi connectivity index (χ0n) is 8.14. The monoisotopic (exact) mass is 165 g/mol. The first-order chi connectivity index (χ1) is 5.83. The predicted octanol–water partition coefficient (Wildman–Crippen LogP) is 2.03. The van der Waals surface area contributed by atoms with Crippen molar-refractivity contribution < 1.29 is 0 Å². The lowest BCUT2D eigenvalue weighted by Crippen LogP contribution is -2.32. The van der Waals surface area contributed by atoms with Crippen LogP contribution in [-0.4, -0.2) is 12.6 Å². The van der Waals surface area contributed by atoms with Crippen molar-refractivity contribution in [1.82, 2.24) is 5.32 Å². The molecular weight excluding hydrogens is 146 g/mol. The zero-order valence-corrected chi connectivity index (χ0v) is 8.14. The van der Waals surface area contributed by atoms with Crippen LogP contribution in [-0.2, 0) is 0 Å². The first-order valence-corrected chi connectivity index (χ1v) is 5.57. The largest absolute Gasteiger partial charge is 0.314 e. The van der Waals surface area contributed by atoms with Crippen molar-refractivity contribution in [3.63, 3.8) is 0 Å². The minimum atomic E-state index is 0.845. The molecule has 1 nitrogen and oxygen atoms in total. The van der Waals surface area contributed by atoms with Gasteiger partial charge in [-0.05, 0) is 49.0 Å². The lowest BCUT2D eigenvalue weighted by molar-refractivity contribution is 0.430. The van der Waals surface area contributed by atoms with E-state index < -0.39 is 0 Å². The number of hydrogen-bond acceptors (Lipinski definition) is 1. The van der Waals surface area contributed by atoms with E-state index in [0.717, 1.165) is 29.2 Å². The van der Waals surface area contributed by atoms with Gasteiger partial charge in [0.2, 0.25) is 0 Å². The van der Waals surface area contributed by atoms with E-state index >= 15 is 0 Å². The summed E-state index contributed by atoms with van der Waals surface area (Å²) in [6, 6.07) is 0.917. The molecule has 0 amide bonds. The van der Waals surface area contributed by atoms with Crippen LogP contribution < -0.4 is 5.32 Å². The van der Waals surface area contributed by atoms with Crippen LogP contribution in [0.15, 0.2) is 0 Å². The third-order valence-electron chi connectivity index (χ3n) is 4.92. The fourth-order valence-electron chi connectivity index (χ4n) is 4.52. The molecule has 0 aromatic carbocycles. The predicted molar refractivity (Wildman–Crippen MR) is 49.9 cm³/mol. The maximum atomic E-state index is 3.69. The lowest BCUT2D eigenvalue weighted by Gasteiger charge is -2.14. The van der Waals surface area contributed by atoms with E-state index in [2.05, 4.69) is 19.2 Å². The van der Waals surface area contributed by atoms with E-state index in [1.165, 1.54) is 13.0 Å². The minimum absolute atomic E-state index is 0.845. The van der Waals surface area contributed by atoms with Gasteiger partial charge < -0.3 is 5.32 Å². The third-order valence-corrected chi connectivity index (χ3v) is 4.92. The fraction of sp³-hybridized carbons (Fsp3) is 1.00. The summed E-state index contributed by atoms with van der Waals surface area (Å²) in [5.74, 6) is 3.28. The van der Waals surface area contributed by atoms with Crippen LogP contribution >= 0.6 is 0 Å². The van der Waals surface area contributed by atoms with Crippen molar-refractivity contribution in [3.05, 3.63) is 0 Å². The van der Waals surface area contributed by atoms with Crippen LogP contribution in [0.4, 0.5) is 0 Å². The van der Waals surface area contributed by atoms with Gasteiger partial charge in [-0.2, -0.15) is 0 Å². The average molecular weight is 165 g/mol. The van der Waals surface area contributed by atoms with E-state index in [4.69, 9.17) is 0 Å². The molecule has 5 atom stereocenters. The Bertz CT molecular complexity index is 213. The molecule has 4 fully saturated rings. The summed E-state index contributed by atoms with van der Waals surface area (Å²) in [5, 5.41) is 3.69. The van der Waals surface area contributed by atoms with Gasteiger partial charge in [0.15, 0.2) is 0 Å². The van der Waals surface area contributed by atoms with Crippen molar-refractivity contribution in [3.8, 4) is 0 Å². The van der Waals surface area contributed by atoms with Crippen LogP contribution in [0.5, 0.6) is 0 Å². The molecule has 0 saturated heterocycles. The SMILES string of the molecule is CCN[C@@H]1[C@H]2C[C@@H]3[C@H]1[C@@]3(CC)C2. The molecule has 1 N–H and O–H groups in total. The van der Waals surface area contributed by atoms with E-state index in [0.29, 0.717) is 0 Å². The normalized spacial score (nSPS) is 59.5. The van der Waals surface area contributed by atoms with Gasteiger partial charge in [-0.3, -0.25) is 0 Å². The van der Waals surface area contributed by atoms with Gasteiger partial charge in [-0.1, -0.05) is 13.8 Å². The molecule has 4 saturated carbocycles. The van der Waals surface area contributed by atoms with E-state index in [1.807, 2.05) is 0 Å². The van der Waals surface area contributed by atoms with E-state index in [-0.39, 0.29) is 0 Å². The second-order valence-electron chi connectivity index (χ2n) is 5.00. The molecule has 4 rings (SSSR count). The molecular formula is C11H19N. The summed E-state index contributed by atoms with van der Waals surface area (Å²) >= 11 is 0. The quantitative estimate of drug-likeness (QED) is 0.674. The first kappa shape index (κ1) is 7.37. The number of hydrogen-bond donors (Lipinski definition) is 1. The molecule has 12 heavy (non-hydrogen) atoms.